The van der Waals surface area contributed by atoms with Gasteiger partial charge in [0.05, 0.1) is 0 Å². The Morgan fingerprint density at radius 2 is 1.78 bits per heavy atom. The van der Waals surface area contributed by atoms with Gasteiger partial charge in [-0.3, -0.25) is 9.36 Å². The molecule has 0 saturated carbocycles. The average Bonchev–Trinajstić information content (AvgIpc) is 3.23. The summed E-state index contributed by atoms with van der Waals surface area (Å²) in [5, 5.41) is 7.69. The molecule has 0 atom stereocenters. The Hall–Kier alpha value is -3.09. The molecule has 0 unspecified atom stereocenters. The first-order chi connectivity index (χ1) is 13.1. The first kappa shape index (κ1) is 17.3. The zero-order valence-electron chi connectivity index (χ0n) is 15.0. The maximum Gasteiger partial charge on any atom is 0.253 e. The zero-order valence-corrected chi connectivity index (χ0v) is 15.0. The fourth-order valence-electron chi connectivity index (χ4n) is 3.32. The van der Waals surface area contributed by atoms with Crippen molar-refractivity contribution < 1.29 is 9.18 Å². The van der Waals surface area contributed by atoms with E-state index in [-0.39, 0.29) is 5.91 Å². The number of hydrogen-bond acceptors (Lipinski definition) is 4. The number of pyridine rings is 1. The molecule has 1 amide bonds. The average molecular weight is 365 g/mol. The summed E-state index contributed by atoms with van der Waals surface area (Å²) in [5.41, 5.74) is 3.54. The molecule has 0 radical (unpaired) electrons. The number of rotatable bonds is 3. The Kier molecular flexibility index (Phi) is 4.66. The molecule has 1 aliphatic rings. The number of piperidine rings is 1. The van der Waals surface area contributed by atoms with Crippen LogP contribution in [0.3, 0.4) is 0 Å². The summed E-state index contributed by atoms with van der Waals surface area (Å²) in [6.45, 7) is 2.93. The lowest BCUT2D eigenvalue weighted by Gasteiger charge is -2.28. The predicted molar refractivity (Wildman–Crippen MR) is 99.4 cm³/mol. The molecule has 3 heterocycles. The van der Waals surface area contributed by atoms with E-state index in [1.165, 1.54) is 0 Å². The fraction of sp³-hybridized carbons (Fsp3) is 0.300. The van der Waals surface area contributed by atoms with Gasteiger partial charge in [-0.1, -0.05) is 12.1 Å². The van der Waals surface area contributed by atoms with Crippen LogP contribution in [0.4, 0.5) is 4.39 Å². The van der Waals surface area contributed by atoms with Gasteiger partial charge in [0, 0.05) is 30.4 Å². The van der Waals surface area contributed by atoms with Gasteiger partial charge in [0.25, 0.3) is 5.91 Å². The molecule has 27 heavy (non-hydrogen) atoms. The molecule has 138 valence electrons. The first-order valence-corrected chi connectivity index (χ1v) is 8.97. The molecule has 0 N–H and O–H groups in total. The summed E-state index contributed by atoms with van der Waals surface area (Å²) in [6.07, 6.45) is 5.05. The zero-order chi connectivity index (χ0) is 18.8. The van der Waals surface area contributed by atoms with E-state index in [9.17, 15) is 9.18 Å². The van der Waals surface area contributed by atoms with E-state index in [0.717, 1.165) is 22.5 Å². The highest BCUT2D eigenvalue weighted by molar-refractivity contribution is 5.95. The van der Waals surface area contributed by atoms with Crippen molar-refractivity contribution in [1.82, 2.24) is 24.6 Å². The predicted octanol–water partition coefficient (Wildman–Crippen LogP) is 3.21. The van der Waals surface area contributed by atoms with Crippen molar-refractivity contribution in [1.29, 1.82) is 0 Å². The molecule has 1 aliphatic heterocycles. The molecule has 0 spiro atoms. The van der Waals surface area contributed by atoms with Crippen LogP contribution >= 0.6 is 0 Å². The third-order valence-electron chi connectivity index (χ3n) is 4.82. The third-order valence-corrected chi connectivity index (χ3v) is 4.82. The van der Waals surface area contributed by atoms with Crippen LogP contribution in [0.2, 0.25) is 0 Å². The Labute approximate surface area is 156 Å². The number of nitrogens with zero attached hydrogens (tertiary/aromatic N) is 5. The largest absolute Gasteiger partial charge is 0.338 e. The van der Waals surface area contributed by atoms with E-state index in [2.05, 4.69) is 15.2 Å². The van der Waals surface area contributed by atoms with E-state index in [0.29, 0.717) is 31.5 Å². The number of halogens is 1. The molecule has 0 bridgehead atoms. The van der Waals surface area contributed by atoms with E-state index in [1.54, 1.807) is 28.3 Å². The lowest BCUT2D eigenvalue weighted by Crippen LogP contribution is -2.39. The van der Waals surface area contributed by atoms with E-state index in [4.69, 9.17) is 0 Å². The third kappa shape index (κ3) is 3.58. The standard InChI is InChI=1S/C20H20FN5O/c1-14-10-18(19(22-11-14)26-12-23-24-13-26)15-2-4-16(5-3-15)20(27)25-8-6-17(21)7-9-25/h2-5,10-13,17H,6-9H2,1H3. The first-order valence-electron chi connectivity index (χ1n) is 8.97. The number of aromatic nitrogens is 4. The van der Waals surface area contributed by atoms with Crippen LogP contribution in [0.25, 0.3) is 16.9 Å². The molecule has 0 aliphatic carbocycles. The summed E-state index contributed by atoms with van der Waals surface area (Å²) in [7, 11) is 0. The summed E-state index contributed by atoms with van der Waals surface area (Å²) in [5.74, 6) is 0.685. The topological polar surface area (TPSA) is 63.9 Å². The van der Waals surface area contributed by atoms with Crippen LogP contribution in [-0.4, -0.2) is 49.8 Å². The van der Waals surface area contributed by atoms with Gasteiger partial charge in [-0.05, 0) is 49.1 Å². The molecule has 1 aromatic carbocycles. The number of carbonyl (C=O) groups excluding carboxylic acids is 1. The molecule has 6 nitrogen and oxygen atoms in total. The van der Waals surface area contributed by atoms with Gasteiger partial charge in [-0.15, -0.1) is 10.2 Å². The maximum absolute atomic E-state index is 13.3. The number of aryl methyl sites for hydroxylation is 1. The van der Waals surface area contributed by atoms with Crippen molar-refractivity contribution in [3.05, 3.63) is 60.3 Å². The number of likely N-dealkylation sites (tertiary alicyclic amines) is 1. The van der Waals surface area contributed by atoms with Crippen molar-refractivity contribution in [2.75, 3.05) is 13.1 Å². The van der Waals surface area contributed by atoms with Crippen LogP contribution in [-0.2, 0) is 0 Å². The monoisotopic (exact) mass is 365 g/mol. The lowest BCUT2D eigenvalue weighted by molar-refractivity contribution is 0.0667. The number of benzene rings is 1. The second-order valence-electron chi connectivity index (χ2n) is 6.80. The van der Waals surface area contributed by atoms with Crippen LogP contribution in [0.15, 0.2) is 49.2 Å². The molecular weight excluding hydrogens is 345 g/mol. The lowest BCUT2D eigenvalue weighted by atomic mass is 10.0. The van der Waals surface area contributed by atoms with Gasteiger partial charge in [-0.2, -0.15) is 0 Å². The molecular formula is C20H20FN5O. The van der Waals surface area contributed by atoms with Crippen molar-refractivity contribution in [2.45, 2.75) is 25.9 Å². The van der Waals surface area contributed by atoms with Gasteiger partial charge in [0.2, 0.25) is 0 Å². The van der Waals surface area contributed by atoms with E-state index >= 15 is 0 Å². The maximum atomic E-state index is 13.3. The number of hydrogen-bond donors (Lipinski definition) is 0. The minimum absolute atomic E-state index is 0.0464. The molecule has 1 saturated heterocycles. The summed E-state index contributed by atoms with van der Waals surface area (Å²) in [4.78, 5) is 18.9. The van der Waals surface area contributed by atoms with Crippen LogP contribution in [0.1, 0.15) is 28.8 Å². The molecule has 3 aromatic rings. The summed E-state index contributed by atoms with van der Waals surface area (Å²) in [6, 6.07) is 9.51. The molecule has 4 rings (SSSR count). The van der Waals surface area contributed by atoms with Crippen molar-refractivity contribution in [2.24, 2.45) is 0 Å². The normalized spacial score (nSPS) is 15.1. The van der Waals surface area contributed by atoms with Crippen molar-refractivity contribution in [3.8, 4) is 16.9 Å². The second kappa shape index (κ2) is 7.26. The van der Waals surface area contributed by atoms with Gasteiger partial charge >= 0.3 is 0 Å². The van der Waals surface area contributed by atoms with Crippen molar-refractivity contribution in [3.63, 3.8) is 0 Å². The number of carbonyl (C=O) groups is 1. The SMILES string of the molecule is Cc1cnc(-n2cnnc2)c(-c2ccc(C(=O)N3CCC(F)CC3)cc2)c1. The summed E-state index contributed by atoms with van der Waals surface area (Å²) < 4.78 is 15.1. The van der Waals surface area contributed by atoms with E-state index < -0.39 is 6.17 Å². The smallest absolute Gasteiger partial charge is 0.253 e. The molecule has 2 aromatic heterocycles. The Bertz CT molecular complexity index is 932. The summed E-state index contributed by atoms with van der Waals surface area (Å²) >= 11 is 0. The quantitative estimate of drug-likeness (QED) is 0.715. The Balaban J connectivity index is 1.61. The van der Waals surface area contributed by atoms with Gasteiger partial charge in [-0.25, -0.2) is 9.37 Å². The Morgan fingerprint density at radius 3 is 2.44 bits per heavy atom. The van der Waals surface area contributed by atoms with Gasteiger partial charge in [0.1, 0.15) is 24.6 Å². The highest BCUT2D eigenvalue weighted by Crippen LogP contribution is 2.27. The second-order valence-corrected chi connectivity index (χ2v) is 6.80. The van der Waals surface area contributed by atoms with Crippen molar-refractivity contribution >= 4 is 5.91 Å². The van der Waals surface area contributed by atoms with Gasteiger partial charge < -0.3 is 4.90 Å². The molecule has 1 fully saturated rings. The van der Waals surface area contributed by atoms with Crippen LogP contribution < -0.4 is 0 Å². The Morgan fingerprint density at radius 1 is 1.11 bits per heavy atom. The highest BCUT2D eigenvalue weighted by atomic mass is 19.1. The van der Waals surface area contributed by atoms with Crippen LogP contribution in [0.5, 0.6) is 0 Å². The minimum atomic E-state index is -0.790. The minimum Gasteiger partial charge on any atom is -0.338 e. The number of amides is 1. The number of alkyl halides is 1. The fourth-order valence-corrected chi connectivity index (χ4v) is 3.32. The van der Waals surface area contributed by atoms with Gasteiger partial charge in [0.15, 0.2) is 0 Å². The molecule has 7 heteroatoms. The van der Waals surface area contributed by atoms with E-state index in [1.807, 2.05) is 37.3 Å². The van der Waals surface area contributed by atoms with Crippen LogP contribution in [0, 0.1) is 6.92 Å². The highest BCUT2D eigenvalue weighted by Gasteiger charge is 2.23.